The molecule has 4 rings (SSSR count). The molecule has 0 aliphatic carbocycles. The molecule has 5 N–H and O–H groups in total. The van der Waals surface area contributed by atoms with Crippen molar-refractivity contribution in [3.05, 3.63) is 52.8 Å². The number of carbonyl (C=O) groups excluding carboxylic acids is 2. The summed E-state index contributed by atoms with van der Waals surface area (Å²) in [5.74, 6) is -2.32. The Morgan fingerprint density at radius 1 is 1.18 bits per heavy atom. The predicted molar refractivity (Wildman–Crippen MR) is 163 cm³/mol. The van der Waals surface area contributed by atoms with Gasteiger partial charge >= 0.3 is 5.97 Å². The Bertz CT molecular complexity index is 1340. The second-order valence-electron chi connectivity index (χ2n) is 12.8. The smallest absolute Gasteiger partial charge is 0.342 e. The average molecular weight is 631 g/mol. The Hall–Kier alpha value is -3.29. The molecule has 1 fully saturated rings. The van der Waals surface area contributed by atoms with E-state index < -0.39 is 60.6 Å². The lowest BCUT2D eigenvalue weighted by molar-refractivity contribution is -0.183. The number of aromatic nitrogens is 1. The molecule has 2 aromatic rings. The summed E-state index contributed by atoms with van der Waals surface area (Å²) >= 11 is 0. The summed E-state index contributed by atoms with van der Waals surface area (Å²) in [5.41, 5.74) is 1.51. The molecule has 0 bridgehead atoms. The van der Waals surface area contributed by atoms with Crippen molar-refractivity contribution in [2.45, 2.75) is 103 Å². The van der Waals surface area contributed by atoms with Gasteiger partial charge in [0.2, 0.25) is 0 Å². The standard InChI is InChI=1S/C33H46N2O10/c1-17-20-13-25(45-32(41)28(20)23(38)14-21(17)36)18(2)22(37)15-27-33(3,4)10-9-24(44-27)31(43-6)35-30(40)29(39)26(42-5)12-19-8-7-11-34-16-19/h7-8,11,14,16,18,22,24-27,29,31,36-39H,9-10,12-13,15H2,1-6H3,(H,35,40)/t18-,22+,24+,25-,26+,27-,29+,31+/m1/s1. The molecule has 1 aromatic carbocycles. The average Bonchev–Trinajstić information content (AvgIpc) is 3.01. The molecular formula is C33H46N2O10. The molecule has 248 valence electrons. The molecule has 1 aromatic heterocycles. The van der Waals surface area contributed by atoms with Crippen molar-refractivity contribution in [1.29, 1.82) is 0 Å². The van der Waals surface area contributed by atoms with Gasteiger partial charge < -0.3 is 44.7 Å². The van der Waals surface area contributed by atoms with E-state index in [9.17, 15) is 30.0 Å². The number of aromatic hydroxyl groups is 2. The van der Waals surface area contributed by atoms with E-state index in [2.05, 4.69) is 10.3 Å². The van der Waals surface area contributed by atoms with Crippen LogP contribution < -0.4 is 5.32 Å². The van der Waals surface area contributed by atoms with Crippen LogP contribution in [0, 0.1) is 18.3 Å². The molecule has 1 amide bonds. The summed E-state index contributed by atoms with van der Waals surface area (Å²) in [6.07, 6.45) is -0.441. The number of amides is 1. The summed E-state index contributed by atoms with van der Waals surface area (Å²) in [5, 5.41) is 45.3. The van der Waals surface area contributed by atoms with Crippen LogP contribution in [0.4, 0.5) is 0 Å². The molecule has 8 atom stereocenters. The van der Waals surface area contributed by atoms with Crippen LogP contribution in [0.15, 0.2) is 30.6 Å². The monoisotopic (exact) mass is 630 g/mol. The number of rotatable bonds is 12. The minimum absolute atomic E-state index is 0.0366. The molecular weight excluding hydrogens is 584 g/mol. The number of carbonyl (C=O) groups is 2. The van der Waals surface area contributed by atoms with E-state index in [0.29, 0.717) is 24.0 Å². The SMILES string of the molecule is CO[C@@H](Cc1cccnc1)[C@H](O)C(=O)N[C@@H](OC)[C@@H]1CCC(C)(C)[C@@H](C[C@H](O)[C@@H](C)[C@H]2Cc3c(C)c(O)cc(O)c3C(=O)O2)O1. The molecule has 12 nitrogen and oxygen atoms in total. The first-order valence-electron chi connectivity index (χ1n) is 15.3. The molecule has 0 spiro atoms. The number of pyridine rings is 1. The topological polar surface area (TPSA) is 177 Å². The summed E-state index contributed by atoms with van der Waals surface area (Å²) < 4.78 is 23.1. The zero-order valence-corrected chi connectivity index (χ0v) is 26.7. The van der Waals surface area contributed by atoms with E-state index in [4.69, 9.17) is 18.9 Å². The predicted octanol–water partition coefficient (Wildman–Crippen LogP) is 2.55. The van der Waals surface area contributed by atoms with Gasteiger partial charge in [-0.05, 0) is 47.9 Å². The number of benzene rings is 1. The van der Waals surface area contributed by atoms with Gasteiger partial charge in [-0.3, -0.25) is 9.78 Å². The fourth-order valence-electron chi connectivity index (χ4n) is 6.21. The van der Waals surface area contributed by atoms with Crippen LogP contribution in [0.3, 0.4) is 0 Å². The number of aliphatic hydroxyl groups excluding tert-OH is 2. The van der Waals surface area contributed by atoms with Crippen molar-refractivity contribution in [3.63, 3.8) is 0 Å². The number of phenols is 2. The number of phenolic OH excluding ortho intramolecular Hbond substituents is 2. The van der Waals surface area contributed by atoms with E-state index >= 15 is 0 Å². The van der Waals surface area contributed by atoms with E-state index in [1.807, 2.05) is 19.9 Å². The van der Waals surface area contributed by atoms with Gasteiger partial charge in [-0.2, -0.15) is 0 Å². The first-order chi connectivity index (χ1) is 21.3. The normalized spacial score (nSPS) is 24.4. The van der Waals surface area contributed by atoms with Crippen LogP contribution in [0.25, 0.3) is 0 Å². The Labute approximate surface area is 263 Å². The number of hydrogen-bond donors (Lipinski definition) is 5. The molecule has 12 heteroatoms. The first kappa shape index (κ1) is 34.6. The number of ether oxygens (including phenoxy) is 4. The lowest BCUT2D eigenvalue weighted by Crippen LogP contribution is -2.56. The Morgan fingerprint density at radius 3 is 2.56 bits per heavy atom. The van der Waals surface area contributed by atoms with Gasteiger partial charge in [-0.1, -0.05) is 26.8 Å². The van der Waals surface area contributed by atoms with Crippen molar-refractivity contribution < 1.29 is 49.0 Å². The summed E-state index contributed by atoms with van der Waals surface area (Å²) in [6.45, 7) is 7.55. The Morgan fingerprint density at radius 2 is 1.91 bits per heavy atom. The highest BCUT2D eigenvalue weighted by molar-refractivity contribution is 5.96. The van der Waals surface area contributed by atoms with Crippen LogP contribution in [0.1, 0.15) is 67.1 Å². The maximum absolute atomic E-state index is 13.1. The van der Waals surface area contributed by atoms with Gasteiger partial charge in [-0.15, -0.1) is 0 Å². The van der Waals surface area contributed by atoms with Gasteiger partial charge in [-0.25, -0.2) is 4.79 Å². The Balaban J connectivity index is 1.40. The Kier molecular flexibility index (Phi) is 11.1. The molecule has 2 aliphatic rings. The third-order valence-electron chi connectivity index (χ3n) is 9.43. The molecule has 0 radical (unpaired) electrons. The third kappa shape index (κ3) is 7.75. The zero-order chi connectivity index (χ0) is 33.1. The molecule has 45 heavy (non-hydrogen) atoms. The minimum atomic E-state index is -1.47. The maximum atomic E-state index is 13.1. The van der Waals surface area contributed by atoms with E-state index in [1.54, 1.807) is 32.3 Å². The maximum Gasteiger partial charge on any atom is 0.342 e. The van der Waals surface area contributed by atoms with E-state index in [1.165, 1.54) is 14.2 Å². The van der Waals surface area contributed by atoms with E-state index in [0.717, 1.165) is 11.6 Å². The molecule has 0 unspecified atom stereocenters. The summed E-state index contributed by atoms with van der Waals surface area (Å²) in [4.78, 5) is 29.9. The molecule has 2 aliphatic heterocycles. The second-order valence-corrected chi connectivity index (χ2v) is 12.8. The van der Waals surface area contributed by atoms with Gasteiger partial charge in [0.1, 0.15) is 29.3 Å². The third-order valence-corrected chi connectivity index (χ3v) is 9.43. The fraction of sp³-hybridized carbons (Fsp3) is 0.606. The van der Waals surface area contributed by atoms with Crippen LogP contribution in [-0.4, -0.2) is 94.4 Å². The van der Waals surface area contributed by atoms with Crippen LogP contribution in [-0.2, 0) is 36.6 Å². The van der Waals surface area contributed by atoms with E-state index in [-0.39, 0.29) is 41.7 Å². The number of fused-ring (bicyclic) bond motifs is 1. The van der Waals surface area contributed by atoms with Gasteiger partial charge in [0.05, 0.1) is 18.3 Å². The largest absolute Gasteiger partial charge is 0.508 e. The van der Waals surface area contributed by atoms with Crippen molar-refractivity contribution in [2.24, 2.45) is 11.3 Å². The van der Waals surface area contributed by atoms with Crippen molar-refractivity contribution >= 4 is 11.9 Å². The number of nitrogens with zero attached hydrogens (tertiary/aromatic N) is 1. The van der Waals surface area contributed by atoms with Crippen molar-refractivity contribution in [2.75, 3.05) is 14.2 Å². The van der Waals surface area contributed by atoms with Crippen molar-refractivity contribution in [3.8, 4) is 11.5 Å². The number of esters is 1. The number of nitrogens with one attached hydrogen (secondary N) is 1. The zero-order valence-electron chi connectivity index (χ0n) is 26.7. The van der Waals surface area contributed by atoms with Gasteiger partial charge in [0, 0.05) is 57.9 Å². The minimum Gasteiger partial charge on any atom is -0.508 e. The number of cyclic esters (lactones) is 1. The quantitative estimate of drug-likeness (QED) is 0.172. The van der Waals surface area contributed by atoms with Crippen molar-refractivity contribution in [1.82, 2.24) is 10.3 Å². The highest BCUT2D eigenvalue weighted by Crippen LogP contribution is 2.41. The molecule has 3 heterocycles. The van der Waals surface area contributed by atoms with Crippen LogP contribution in [0.5, 0.6) is 11.5 Å². The molecule has 0 saturated carbocycles. The highest BCUT2D eigenvalue weighted by atomic mass is 16.6. The molecule has 1 saturated heterocycles. The second kappa shape index (κ2) is 14.4. The van der Waals surface area contributed by atoms with Crippen LogP contribution in [0.2, 0.25) is 0 Å². The van der Waals surface area contributed by atoms with Gasteiger partial charge in [0.25, 0.3) is 5.91 Å². The fourth-order valence-corrected chi connectivity index (χ4v) is 6.21. The van der Waals surface area contributed by atoms with Crippen LogP contribution >= 0.6 is 0 Å². The highest BCUT2D eigenvalue weighted by Gasteiger charge is 2.44. The number of hydrogen-bond acceptors (Lipinski definition) is 11. The number of methoxy groups -OCH3 is 2. The lowest BCUT2D eigenvalue weighted by atomic mass is 9.75. The lowest BCUT2D eigenvalue weighted by Gasteiger charge is -2.45. The summed E-state index contributed by atoms with van der Waals surface area (Å²) in [7, 11) is 2.87. The first-order valence-corrected chi connectivity index (χ1v) is 15.3. The number of aliphatic hydroxyl groups is 2. The summed E-state index contributed by atoms with van der Waals surface area (Å²) in [6, 6.07) is 4.73. The van der Waals surface area contributed by atoms with Gasteiger partial charge in [0.15, 0.2) is 12.3 Å².